The van der Waals surface area contributed by atoms with Gasteiger partial charge in [-0.1, -0.05) is 23.4 Å². The molecular formula is C13H12BrClFN3O2S. The lowest BCUT2D eigenvalue weighted by molar-refractivity contribution is 0.206. The summed E-state index contributed by atoms with van der Waals surface area (Å²) in [6.45, 7) is 0.0940. The predicted octanol–water partition coefficient (Wildman–Crippen LogP) is 3.10. The summed E-state index contributed by atoms with van der Waals surface area (Å²) in [4.78, 5) is 10.5. The van der Waals surface area contributed by atoms with Gasteiger partial charge >= 0.3 is 0 Å². The number of thioether (sulfide) groups is 1. The van der Waals surface area contributed by atoms with Gasteiger partial charge in [0.1, 0.15) is 23.0 Å². The van der Waals surface area contributed by atoms with Gasteiger partial charge in [-0.3, -0.25) is 0 Å². The average molecular weight is 409 g/mol. The molecule has 0 bridgehead atoms. The van der Waals surface area contributed by atoms with Crippen LogP contribution in [0.25, 0.3) is 10.9 Å². The number of rotatable bonds is 2. The molecule has 118 valence electrons. The van der Waals surface area contributed by atoms with Crippen molar-refractivity contribution >= 4 is 56.0 Å². The van der Waals surface area contributed by atoms with Gasteiger partial charge in [-0.2, -0.15) is 0 Å². The monoisotopic (exact) mass is 407 g/mol. The number of aromatic nitrogens is 2. The van der Waals surface area contributed by atoms with E-state index in [0.29, 0.717) is 22.1 Å². The molecule has 3 rings (SSSR count). The summed E-state index contributed by atoms with van der Waals surface area (Å²) >= 11 is 10.7. The molecule has 0 amide bonds. The smallest absolute Gasteiger partial charge is 0.189 e. The van der Waals surface area contributed by atoms with Crippen LogP contribution in [0.2, 0.25) is 5.02 Å². The summed E-state index contributed by atoms with van der Waals surface area (Å²) < 4.78 is 20.4. The van der Waals surface area contributed by atoms with Gasteiger partial charge in [0.2, 0.25) is 0 Å². The summed E-state index contributed by atoms with van der Waals surface area (Å²) in [5, 5.41) is 10.5. The topological polar surface area (TPSA) is 58.5 Å². The number of hydrogen-bond donors (Lipinski definition) is 1. The van der Waals surface area contributed by atoms with E-state index in [1.54, 1.807) is 11.9 Å². The Labute approximate surface area is 143 Å². The molecular weight excluding hydrogens is 397 g/mol. The van der Waals surface area contributed by atoms with Crippen molar-refractivity contribution < 1.29 is 14.2 Å². The van der Waals surface area contributed by atoms with E-state index >= 15 is 0 Å². The van der Waals surface area contributed by atoms with Gasteiger partial charge < -0.3 is 14.7 Å². The molecule has 0 saturated carbocycles. The molecule has 22 heavy (non-hydrogen) atoms. The maximum atomic E-state index is 14.6. The van der Waals surface area contributed by atoms with Crippen molar-refractivity contribution in [3.8, 4) is 5.75 Å². The summed E-state index contributed by atoms with van der Waals surface area (Å²) in [7, 11) is 1.78. The fraction of sp³-hybridized carbons (Fsp3) is 0.385. The van der Waals surface area contributed by atoms with Crippen LogP contribution >= 0.6 is 39.3 Å². The van der Waals surface area contributed by atoms with Crippen LogP contribution in [0.1, 0.15) is 0 Å². The van der Waals surface area contributed by atoms with E-state index in [4.69, 9.17) is 16.3 Å². The van der Waals surface area contributed by atoms with Crippen LogP contribution in [0.3, 0.4) is 0 Å². The third-order valence-corrected chi connectivity index (χ3v) is 5.47. The molecule has 0 aliphatic carbocycles. The minimum absolute atomic E-state index is 0.110. The Hall–Kier alpha value is -0.830. The summed E-state index contributed by atoms with van der Waals surface area (Å²) in [5.41, 5.74) is 0.145. The predicted molar refractivity (Wildman–Crippen MR) is 88.8 cm³/mol. The molecule has 5 nitrogen and oxygen atoms in total. The lowest BCUT2D eigenvalue weighted by Gasteiger charge is -2.25. The van der Waals surface area contributed by atoms with Gasteiger partial charge in [-0.15, -0.1) is 0 Å². The molecule has 1 aliphatic rings. The van der Waals surface area contributed by atoms with Gasteiger partial charge in [0.15, 0.2) is 16.7 Å². The van der Waals surface area contributed by atoms with E-state index in [1.165, 1.54) is 11.8 Å². The van der Waals surface area contributed by atoms with Crippen molar-refractivity contribution in [2.24, 2.45) is 0 Å². The van der Waals surface area contributed by atoms with Crippen LogP contribution in [0.5, 0.6) is 5.75 Å². The molecule has 0 fully saturated rings. The second-order valence-electron chi connectivity index (χ2n) is 4.79. The Morgan fingerprint density at radius 3 is 2.91 bits per heavy atom. The van der Waals surface area contributed by atoms with Gasteiger partial charge in [-0.05, 0) is 22.2 Å². The number of nitrogens with zero attached hydrogens (tertiary/aromatic N) is 3. The van der Waals surface area contributed by atoms with Crippen molar-refractivity contribution in [3.05, 3.63) is 15.3 Å². The number of halogens is 3. The Morgan fingerprint density at radius 1 is 1.55 bits per heavy atom. The van der Waals surface area contributed by atoms with E-state index in [0.717, 1.165) is 0 Å². The molecule has 1 aromatic carbocycles. The largest absolute Gasteiger partial charge is 0.489 e. The van der Waals surface area contributed by atoms with Crippen molar-refractivity contribution in [1.82, 2.24) is 9.97 Å². The maximum Gasteiger partial charge on any atom is 0.189 e. The second kappa shape index (κ2) is 5.99. The molecule has 0 saturated heterocycles. The van der Waals surface area contributed by atoms with Gasteiger partial charge in [-0.25, -0.2) is 14.4 Å². The first kappa shape index (κ1) is 16.0. The zero-order valence-corrected chi connectivity index (χ0v) is 14.9. The zero-order chi connectivity index (χ0) is 16.0. The van der Waals surface area contributed by atoms with Gasteiger partial charge in [0, 0.05) is 7.05 Å². The number of anilines is 1. The van der Waals surface area contributed by atoms with Crippen molar-refractivity contribution in [2.45, 2.75) is 11.2 Å². The highest BCUT2D eigenvalue weighted by Crippen LogP contribution is 2.46. The molecule has 2 heterocycles. The van der Waals surface area contributed by atoms with Crippen LogP contribution in [0.4, 0.5) is 10.2 Å². The van der Waals surface area contributed by atoms with E-state index in [2.05, 4.69) is 25.9 Å². The Morgan fingerprint density at radius 2 is 2.27 bits per heavy atom. The van der Waals surface area contributed by atoms with E-state index in [1.807, 2.05) is 6.26 Å². The highest BCUT2D eigenvalue weighted by atomic mass is 79.9. The standard InChI is InChI=1S/C13H12BrClFN3O2S/c1-19-5(3-20)4-21-11-6-10(9(16)7(14)8(11)15)17-13(22-2)18-12(6)19/h5,20H,3-4H2,1-2H3. The number of hydrogen-bond acceptors (Lipinski definition) is 6. The normalized spacial score (nSPS) is 17.5. The first-order valence-electron chi connectivity index (χ1n) is 6.38. The van der Waals surface area contributed by atoms with E-state index < -0.39 is 5.82 Å². The fourth-order valence-corrected chi connectivity index (χ4v) is 3.29. The highest BCUT2D eigenvalue weighted by Gasteiger charge is 2.30. The summed E-state index contributed by atoms with van der Waals surface area (Å²) in [5.74, 6) is 0.270. The number of likely N-dealkylation sites (N-methyl/N-ethyl adjacent to an activating group) is 1. The molecule has 1 unspecified atom stereocenters. The Bertz CT molecular complexity index is 764. The lowest BCUT2D eigenvalue weighted by Crippen LogP contribution is -2.39. The molecule has 1 aliphatic heterocycles. The van der Waals surface area contributed by atoms with E-state index in [9.17, 15) is 9.50 Å². The minimum atomic E-state index is -0.554. The van der Waals surface area contributed by atoms with Crippen LogP contribution in [0.15, 0.2) is 9.63 Å². The third-order valence-electron chi connectivity index (χ3n) is 3.58. The number of ether oxygens (including phenoxy) is 1. The average Bonchev–Trinajstić information content (AvgIpc) is 2.67. The highest BCUT2D eigenvalue weighted by molar-refractivity contribution is 9.10. The number of benzene rings is 1. The molecule has 1 aromatic heterocycles. The van der Waals surface area contributed by atoms with E-state index in [-0.39, 0.29) is 34.3 Å². The molecule has 2 aromatic rings. The molecule has 0 radical (unpaired) electrons. The quantitative estimate of drug-likeness (QED) is 0.468. The Balaban J connectivity index is 2.44. The van der Waals surface area contributed by atoms with Crippen molar-refractivity contribution in [3.63, 3.8) is 0 Å². The molecule has 9 heteroatoms. The van der Waals surface area contributed by atoms with Gasteiger partial charge in [0.05, 0.1) is 22.5 Å². The minimum Gasteiger partial charge on any atom is -0.489 e. The fourth-order valence-electron chi connectivity index (χ4n) is 2.33. The SMILES string of the molecule is CSc1nc2c3c(c(Cl)c(Br)c(F)c3n1)OCC(CO)N2C. The van der Waals surface area contributed by atoms with Crippen LogP contribution < -0.4 is 9.64 Å². The van der Waals surface area contributed by atoms with Crippen LogP contribution in [-0.2, 0) is 0 Å². The molecule has 1 N–H and O–H groups in total. The molecule has 1 atom stereocenters. The van der Waals surface area contributed by atoms with Crippen molar-refractivity contribution in [2.75, 3.05) is 31.4 Å². The third kappa shape index (κ3) is 2.33. The first-order valence-corrected chi connectivity index (χ1v) is 8.77. The zero-order valence-electron chi connectivity index (χ0n) is 11.7. The van der Waals surface area contributed by atoms with Crippen molar-refractivity contribution in [1.29, 1.82) is 0 Å². The van der Waals surface area contributed by atoms with Crippen LogP contribution in [0, 0.1) is 5.82 Å². The second-order valence-corrected chi connectivity index (χ2v) is 6.73. The number of aliphatic hydroxyl groups excluding tert-OH is 1. The molecule has 0 spiro atoms. The van der Waals surface area contributed by atoms with Gasteiger partial charge in [0.25, 0.3) is 0 Å². The summed E-state index contributed by atoms with van der Waals surface area (Å²) in [6.07, 6.45) is 1.81. The lowest BCUT2D eigenvalue weighted by atomic mass is 10.2. The first-order chi connectivity index (χ1) is 10.5. The maximum absolute atomic E-state index is 14.6. The van der Waals surface area contributed by atoms with Crippen LogP contribution in [-0.4, -0.2) is 47.6 Å². The Kier molecular flexibility index (Phi) is 4.37. The number of aliphatic hydroxyl groups is 1. The summed E-state index contributed by atoms with van der Waals surface area (Å²) in [6, 6.07) is -0.307.